The predicted molar refractivity (Wildman–Crippen MR) is 185 cm³/mol. The molecule has 0 aliphatic carbocycles. The highest BCUT2D eigenvalue weighted by Gasteiger charge is 2.24. The van der Waals surface area contributed by atoms with Crippen molar-refractivity contribution in [2.75, 3.05) is 13.2 Å². The molecule has 1 aliphatic heterocycles. The van der Waals surface area contributed by atoms with E-state index < -0.39 is 6.10 Å². The predicted octanol–water partition coefficient (Wildman–Crippen LogP) is 6.03. The Bertz CT molecular complexity index is 1570. The third-order valence-corrected chi connectivity index (χ3v) is 7.90. The van der Waals surface area contributed by atoms with Crippen LogP contribution in [0, 0.1) is 0 Å². The van der Waals surface area contributed by atoms with E-state index in [1.54, 1.807) is 40.9 Å². The summed E-state index contributed by atoms with van der Waals surface area (Å²) in [6, 6.07) is 23.8. The van der Waals surface area contributed by atoms with Gasteiger partial charge in [0.05, 0.1) is 19.4 Å². The molecular weight excluding hydrogens is 624 g/mol. The van der Waals surface area contributed by atoms with Crippen molar-refractivity contribution in [2.24, 2.45) is 5.10 Å². The highest BCUT2D eigenvalue weighted by molar-refractivity contribution is 5.95. The van der Waals surface area contributed by atoms with Crippen LogP contribution in [-0.4, -0.2) is 53.2 Å². The van der Waals surface area contributed by atoms with Crippen LogP contribution in [0.1, 0.15) is 90.9 Å². The van der Waals surface area contributed by atoms with E-state index in [0.29, 0.717) is 56.6 Å². The molecule has 0 saturated carbocycles. The number of esters is 1. The first-order valence-electron chi connectivity index (χ1n) is 16.7. The van der Waals surface area contributed by atoms with E-state index in [0.717, 1.165) is 36.0 Å². The minimum Gasteiger partial charge on any atom is -0.494 e. The fraction of sp³-hybridized carbons (Fsp3) is 0.342. The number of benzene rings is 3. The number of nitrogens with zero attached hydrogens (tertiary/aromatic N) is 2. The second-order valence-corrected chi connectivity index (χ2v) is 11.7. The number of allylic oxidation sites excluding steroid dienone is 2. The highest BCUT2D eigenvalue weighted by Crippen LogP contribution is 2.23. The summed E-state index contributed by atoms with van der Waals surface area (Å²) in [7, 11) is 0. The van der Waals surface area contributed by atoms with Gasteiger partial charge in [-0.05, 0) is 72.7 Å². The molecule has 4 rings (SSSR count). The number of amides is 3. The van der Waals surface area contributed by atoms with Crippen molar-refractivity contribution in [1.29, 1.82) is 0 Å². The van der Waals surface area contributed by atoms with E-state index in [9.17, 15) is 19.2 Å². The van der Waals surface area contributed by atoms with Gasteiger partial charge in [-0.3, -0.25) is 24.4 Å². The third kappa shape index (κ3) is 13.0. The van der Waals surface area contributed by atoms with E-state index >= 15 is 0 Å². The molecule has 3 amide bonds. The van der Waals surface area contributed by atoms with Crippen LogP contribution in [0.4, 0.5) is 0 Å². The molecule has 3 N–H and O–H groups in total. The van der Waals surface area contributed by atoms with Crippen LogP contribution in [-0.2, 0) is 25.7 Å². The summed E-state index contributed by atoms with van der Waals surface area (Å²) in [6.07, 6.45) is 10.2. The summed E-state index contributed by atoms with van der Waals surface area (Å²) in [5.41, 5.74) is 7.05. The molecule has 0 fully saturated rings. The second kappa shape index (κ2) is 20.2. The van der Waals surface area contributed by atoms with Gasteiger partial charge >= 0.3 is 5.97 Å². The van der Waals surface area contributed by atoms with Crippen LogP contribution < -0.4 is 15.6 Å². The van der Waals surface area contributed by atoms with Gasteiger partial charge in [0.1, 0.15) is 11.9 Å². The number of hydrogen-bond acceptors (Lipinski definition) is 8. The average molecular weight is 669 g/mol. The molecule has 0 radical (unpaired) electrons. The molecule has 258 valence electrons. The van der Waals surface area contributed by atoms with Crippen molar-refractivity contribution >= 4 is 29.9 Å². The van der Waals surface area contributed by atoms with Crippen LogP contribution >= 0.6 is 0 Å². The quantitative estimate of drug-likeness (QED) is 0.0475. The Morgan fingerprint density at radius 2 is 1.67 bits per heavy atom. The first-order valence-corrected chi connectivity index (χ1v) is 16.7. The largest absolute Gasteiger partial charge is 0.494 e. The van der Waals surface area contributed by atoms with Crippen LogP contribution in [0.15, 0.2) is 96.1 Å². The number of ether oxygens (including phenoxy) is 2. The number of hydrazone groups is 1. The number of hydrogen-bond donors (Lipinski definition) is 3. The molecule has 11 heteroatoms. The lowest BCUT2D eigenvalue weighted by molar-refractivity contribution is -0.152. The van der Waals surface area contributed by atoms with Crippen molar-refractivity contribution in [3.05, 3.63) is 113 Å². The van der Waals surface area contributed by atoms with Crippen molar-refractivity contribution in [3.8, 4) is 5.75 Å². The van der Waals surface area contributed by atoms with Gasteiger partial charge in [0.25, 0.3) is 5.91 Å². The minimum atomic E-state index is -0.591. The van der Waals surface area contributed by atoms with E-state index in [1.807, 2.05) is 66.7 Å². The monoisotopic (exact) mass is 668 g/mol. The average Bonchev–Trinajstić information content (AvgIpc) is 3.12. The summed E-state index contributed by atoms with van der Waals surface area (Å²) in [5.74, 6) is -0.434. The van der Waals surface area contributed by atoms with Crippen LogP contribution in [0.2, 0.25) is 0 Å². The fourth-order valence-corrected chi connectivity index (χ4v) is 5.26. The minimum absolute atomic E-state index is 0.0352. The van der Waals surface area contributed by atoms with Crippen molar-refractivity contribution in [3.63, 3.8) is 0 Å². The number of nitrogens with one attached hydrogen (secondary N) is 2. The Hall–Kier alpha value is -5.29. The van der Waals surface area contributed by atoms with Crippen molar-refractivity contribution < 1.29 is 33.9 Å². The second-order valence-electron chi connectivity index (χ2n) is 11.7. The Balaban J connectivity index is 1.31. The number of carbonyl (C=O) groups excluding carboxylic acids is 4. The normalized spacial score (nSPS) is 16.3. The lowest BCUT2D eigenvalue weighted by atomic mass is 10.1. The third-order valence-electron chi connectivity index (χ3n) is 7.90. The van der Waals surface area contributed by atoms with Crippen LogP contribution in [0.3, 0.4) is 0 Å². The Labute approximate surface area is 286 Å². The molecule has 1 atom stereocenters. The van der Waals surface area contributed by atoms with E-state index in [1.165, 1.54) is 0 Å². The maximum Gasteiger partial charge on any atom is 0.306 e. The Morgan fingerprint density at radius 3 is 2.45 bits per heavy atom. The standard InChI is InChI=1S/C38H44N4O7/c43-35(41-47)17-8-3-4-11-24-48-33-22-20-32(21-23-33)38(46)40-39-26-29-13-12-14-30(25-29)27-42-28-34(31-15-6-5-7-16-31)49-37(45)19-10-2-1-9-18-36(42)44/h1-2,5-7,12-16,20-23,25-26,34,47H,3-4,8-11,17-19,24,27-28H2,(H,40,46)(H,41,43)/b2-1+,39-26+/t34-/m0/s1. The molecule has 0 spiro atoms. The van der Waals surface area contributed by atoms with E-state index in [4.69, 9.17) is 14.7 Å². The number of unbranched alkanes of at least 4 members (excludes halogenated alkanes) is 3. The molecule has 0 unspecified atom stereocenters. The summed E-state index contributed by atoms with van der Waals surface area (Å²) < 4.78 is 11.6. The molecule has 1 aliphatic rings. The van der Waals surface area contributed by atoms with E-state index in [2.05, 4.69) is 10.5 Å². The zero-order valence-corrected chi connectivity index (χ0v) is 27.6. The van der Waals surface area contributed by atoms with Gasteiger partial charge in [0, 0.05) is 31.4 Å². The van der Waals surface area contributed by atoms with Gasteiger partial charge in [-0.15, -0.1) is 0 Å². The lowest BCUT2D eigenvalue weighted by Crippen LogP contribution is -2.35. The molecule has 0 saturated heterocycles. The molecule has 3 aromatic carbocycles. The summed E-state index contributed by atoms with van der Waals surface area (Å²) in [5, 5.41) is 12.6. The SMILES string of the molecule is O=C(CCCCCCOc1ccc(C(=O)N/N=C/c2cccc(CN3C[C@@H](c4ccccc4)OC(=O)CC/C=C/CCC3=O)c2)cc1)NO. The first-order chi connectivity index (χ1) is 23.9. The van der Waals surface area contributed by atoms with Gasteiger partial charge in [-0.25, -0.2) is 10.9 Å². The molecule has 49 heavy (non-hydrogen) atoms. The molecule has 3 aromatic rings. The zero-order chi connectivity index (χ0) is 34.7. The van der Waals surface area contributed by atoms with Gasteiger partial charge in [-0.2, -0.15) is 5.10 Å². The number of hydroxylamine groups is 1. The van der Waals surface area contributed by atoms with Crippen LogP contribution in [0.5, 0.6) is 5.75 Å². The molecule has 1 heterocycles. The Kier molecular flexibility index (Phi) is 15.0. The van der Waals surface area contributed by atoms with Gasteiger partial charge < -0.3 is 14.4 Å². The molecule has 0 bridgehead atoms. The maximum absolute atomic E-state index is 13.4. The molecular formula is C38H44N4O7. The Morgan fingerprint density at radius 1 is 0.918 bits per heavy atom. The highest BCUT2D eigenvalue weighted by atomic mass is 16.5. The maximum atomic E-state index is 13.4. The van der Waals surface area contributed by atoms with Crippen LogP contribution in [0.25, 0.3) is 0 Å². The van der Waals surface area contributed by atoms with Crippen molar-refractivity contribution in [1.82, 2.24) is 15.8 Å². The molecule has 0 aromatic heterocycles. The fourth-order valence-electron chi connectivity index (χ4n) is 5.26. The summed E-state index contributed by atoms with van der Waals surface area (Å²) in [4.78, 5) is 51.4. The molecule has 11 nitrogen and oxygen atoms in total. The summed E-state index contributed by atoms with van der Waals surface area (Å²) >= 11 is 0. The number of carbonyl (C=O) groups is 4. The lowest BCUT2D eigenvalue weighted by Gasteiger charge is -2.28. The smallest absolute Gasteiger partial charge is 0.306 e. The zero-order valence-electron chi connectivity index (χ0n) is 27.6. The van der Waals surface area contributed by atoms with Gasteiger partial charge in [-0.1, -0.05) is 73.5 Å². The summed E-state index contributed by atoms with van der Waals surface area (Å²) in [6.45, 7) is 1.06. The van der Waals surface area contributed by atoms with Gasteiger partial charge in [0.15, 0.2) is 0 Å². The first kappa shape index (κ1) is 36.5. The van der Waals surface area contributed by atoms with Gasteiger partial charge in [0.2, 0.25) is 11.8 Å². The van der Waals surface area contributed by atoms with Crippen molar-refractivity contribution in [2.45, 2.75) is 70.4 Å². The van der Waals surface area contributed by atoms with E-state index in [-0.39, 0.29) is 36.7 Å². The topological polar surface area (TPSA) is 147 Å². The number of cyclic esters (lactones) is 1. The number of rotatable bonds is 14.